The second kappa shape index (κ2) is 4.93. The van der Waals surface area contributed by atoms with Crippen molar-refractivity contribution in [2.75, 3.05) is 6.54 Å². The SMILES string of the molecule is CC(C)N(CCc1c[nH]c2ncc(F)cc12)C1CC1. The van der Waals surface area contributed by atoms with Crippen molar-refractivity contribution in [2.45, 2.75) is 45.2 Å². The van der Waals surface area contributed by atoms with Crippen LogP contribution in [0.2, 0.25) is 0 Å². The average molecular weight is 261 g/mol. The van der Waals surface area contributed by atoms with E-state index in [1.807, 2.05) is 6.20 Å². The molecule has 0 bridgehead atoms. The molecule has 0 spiro atoms. The highest BCUT2D eigenvalue weighted by Gasteiger charge is 2.30. The monoisotopic (exact) mass is 261 g/mol. The summed E-state index contributed by atoms with van der Waals surface area (Å²) in [7, 11) is 0. The minimum absolute atomic E-state index is 0.267. The van der Waals surface area contributed by atoms with Gasteiger partial charge in [-0.1, -0.05) is 0 Å². The van der Waals surface area contributed by atoms with Crippen LogP contribution in [0.15, 0.2) is 18.5 Å². The number of rotatable bonds is 5. The van der Waals surface area contributed by atoms with Crippen molar-refractivity contribution in [1.29, 1.82) is 0 Å². The molecular formula is C15H20FN3. The van der Waals surface area contributed by atoms with Gasteiger partial charge in [0.05, 0.1) is 6.20 Å². The highest BCUT2D eigenvalue weighted by atomic mass is 19.1. The largest absolute Gasteiger partial charge is 0.346 e. The average Bonchev–Trinajstić information content (AvgIpc) is 3.12. The van der Waals surface area contributed by atoms with Gasteiger partial charge in [0.1, 0.15) is 11.5 Å². The van der Waals surface area contributed by atoms with Gasteiger partial charge >= 0.3 is 0 Å². The van der Waals surface area contributed by atoms with E-state index in [-0.39, 0.29) is 5.82 Å². The first-order valence-electron chi connectivity index (χ1n) is 7.02. The zero-order valence-corrected chi connectivity index (χ0v) is 11.5. The lowest BCUT2D eigenvalue weighted by Crippen LogP contribution is -2.34. The van der Waals surface area contributed by atoms with Crippen LogP contribution in [0.4, 0.5) is 4.39 Å². The normalized spacial score (nSPS) is 15.8. The van der Waals surface area contributed by atoms with Gasteiger partial charge in [-0.3, -0.25) is 4.90 Å². The molecule has 1 fully saturated rings. The van der Waals surface area contributed by atoms with E-state index in [1.54, 1.807) is 6.07 Å². The van der Waals surface area contributed by atoms with Gasteiger partial charge in [-0.15, -0.1) is 0 Å². The highest BCUT2D eigenvalue weighted by Crippen LogP contribution is 2.29. The van der Waals surface area contributed by atoms with E-state index in [9.17, 15) is 4.39 Å². The minimum atomic E-state index is -0.267. The van der Waals surface area contributed by atoms with Crippen LogP contribution in [0, 0.1) is 5.82 Å². The summed E-state index contributed by atoms with van der Waals surface area (Å²) in [6.07, 6.45) is 6.81. The molecule has 2 heterocycles. The van der Waals surface area contributed by atoms with Crippen molar-refractivity contribution in [3.05, 3.63) is 29.8 Å². The van der Waals surface area contributed by atoms with Crippen LogP contribution in [0.5, 0.6) is 0 Å². The number of pyridine rings is 1. The smallest absolute Gasteiger partial charge is 0.142 e. The number of nitrogens with zero attached hydrogens (tertiary/aromatic N) is 2. The third-order valence-electron chi connectivity index (χ3n) is 3.90. The Morgan fingerprint density at radius 2 is 2.26 bits per heavy atom. The highest BCUT2D eigenvalue weighted by molar-refractivity contribution is 5.79. The number of halogens is 1. The third kappa shape index (κ3) is 2.63. The van der Waals surface area contributed by atoms with Crippen molar-refractivity contribution in [1.82, 2.24) is 14.9 Å². The number of fused-ring (bicyclic) bond motifs is 1. The Morgan fingerprint density at radius 3 is 2.95 bits per heavy atom. The van der Waals surface area contributed by atoms with Gasteiger partial charge in [0, 0.05) is 30.2 Å². The van der Waals surface area contributed by atoms with Crippen LogP contribution in [-0.4, -0.2) is 33.5 Å². The van der Waals surface area contributed by atoms with Crippen molar-refractivity contribution in [3.63, 3.8) is 0 Å². The lowest BCUT2D eigenvalue weighted by atomic mass is 10.1. The Hall–Kier alpha value is -1.42. The molecule has 3 rings (SSSR count). The first kappa shape index (κ1) is 12.6. The van der Waals surface area contributed by atoms with E-state index in [4.69, 9.17) is 0 Å². The van der Waals surface area contributed by atoms with Gasteiger partial charge in [-0.25, -0.2) is 9.37 Å². The first-order valence-corrected chi connectivity index (χ1v) is 7.02. The second-order valence-electron chi connectivity index (χ2n) is 5.68. The number of hydrogen-bond acceptors (Lipinski definition) is 2. The molecule has 1 aliphatic carbocycles. The van der Waals surface area contributed by atoms with Crippen molar-refractivity contribution >= 4 is 11.0 Å². The molecule has 0 unspecified atom stereocenters. The fourth-order valence-electron chi connectivity index (χ4n) is 2.76. The maximum atomic E-state index is 13.3. The quantitative estimate of drug-likeness (QED) is 0.896. The lowest BCUT2D eigenvalue weighted by Gasteiger charge is -2.26. The van der Waals surface area contributed by atoms with Crippen molar-refractivity contribution in [3.8, 4) is 0 Å². The Balaban J connectivity index is 1.75. The summed E-state index contributed by atoms with van der Waals surface area (Å²) in [6, 6.07) is 2.91. The Bertz CT molecular complexity index is 570. The molecule has 0 radical (unpaired) electrons. The summed E-state index contributed by atoms with van der Waals surface area (Å²) in [6.45, 7) is 5.52. The van der Waals surface area contributed by atoms with Crippen molar-refractivity contribution in [2.24, 2.45) is 0 Å². The molecule has 3 nitrogen and oxygen atoms in total. The fraction of sp³-hybridized carbons (Fsp3) is 0.533. The fourth-order valence-corrected chi connectivity index (χ4v) is 2.76. The molecule has 0 atom stereocenters. The van der Waals surface area contributed by atoms with Crippen LogP contribution in [0.1, 0.15) is 32.3 Å². The predicted octanol–water partition coefficient (Wildman–Crippen LogP) is 3.12. The Labute approximate surface area is 112 Å². The van der Waals surface area contributed by atoms with Gasteiger partial charge in [-0.2, -0.15) is 0 Å². The van der Waals surface area contributed by atoms with Crippen molar-refractivity contribution < 1.29 is 4.39 Å². The maximum Gasteiger partial charge on any atom is 0.142 e. The Morgan fingerprint density at radius 1 is 1.47 bits per heavy atom. The minimum Gasteiger partial charge on any atom is -0.346 e. The molecular weight excluding hydrogens is 241 g/mol. The molecule has 2 aromatic heterocycles. The van der Waals surface area contributed by atoms with Crippen LogP contribution in [0.25, 0.3) is 11.0 Å². The summed E-state index contributed by atoms with van der Waals surface area (Å²) in [4.78, 5) is 9.73. The maximum absolute atomic E-state index is 13.3. The van der Waals surface area contributed by atoms with E-state index in [0.717, 1.165) is 35.6 Å². The first-order chi connectivity index (χ1) is 9.15. The molecule has 2 aromatic rings. The molecule has 0 aromatic carbocycles. The number of aromatic amines is 1. The standard InChI is InChI=1S/C15H20FN3/c1-10(2)19(13-3-4-13)6-5-11-8-17-15-14(11)7-12(16)9-18-15/h7-10,13H,3-6H2,1-2H3,(H,17,18). The third-order valence-corrected chi connectivity index (χ3v) is 3.90. The molecule has 4 heteroatoms. The van der Waals surface area contributed by atoms with E-state index in [1.165, 1.54) is 19.0 Å². The van der Waals surface area contributed by atoms with Gasteiger partial charge < -0.3 is 4.98 Å². The summed E-state index contributed by atoms with van der Waals surface area (Å²) in [5, 5.41) is 0.916. The summed E-state index contributed by atoms with van der Waals surface area (Å²) in [5.74, 6) is -0.267. The molecule has 0 saturated heterocycles. The summed E-state index contributed by atoms with van der Waals surface area (Å²) in [5.41, 5.74) is 1.94. The number of aromatic nitrogens is 2. The van der Waals surface area contributed by atoms with Crippen LogP contribution in [0.3, 0.4) is 0 Å². The van der Waals surface area contributed by atoms with Gasteiger partial charge in [0.15, 0.2) is 0 Å². The topological polar surface area (TPSA) is 31.9 Å². The van der Waals surface area contributed by atoms with Crippen LogP contribution >= 0.6 is 0 Å². The van der Waals surface area contributed by atoms with E-state index in [0.29, 0.717) is 6.04 Å². The lowest BCUT2D eigenvalue weighted by molar-refractivity contribution is 0.214. The summed E-state index contributed by atoms with van der Waals surface area (Å²) < 4.78 is 13.3. The molecule has 0 aliphatic heterocycles. The number of hydrogen-bond donors (Lipinski definition) is 1. The number of H-pyrrole nitrogens is 1. The molecule has 102 valence electrons. The zero-order chi connectivity index (χ0) is 13.4. The Kier molecular flexibility index (Phi) is 3.27. The zero-order valence-electron chi connectivity index (χ0n) is 11.5. The summed E-state index contributed by atoms with van der Waals surface area (Å²) >= 11 is 0. The van der Waals surface area contributed by atoms with Crippen LogP contribution < -0.4 is 0 Å². The van der Waals surface area contributed by atoms with Gasteiger partial charge in [-0.05, 0) is 44.7 Å². The van der Waals surface area contributed by atoms with E-state index >= 15 is 0 Å². The molecule has 1 aliphatic rings. The molecule has 19 heavy (non-hydrogen) atoms. The van der Waals surface area contributed by atoms with Gasteiger partial charge in [0.2, 0.25) is 0 Å². The second-order valence-corrected chi connectivity index (χ2v) is 5.68. The van der Waals surface area contributed by atoms with E-state index < -0.39 is 0 Å². The molecule has 0 amide bonds. The van der Waals surface area contributed by atoms with Crippen LogP contribution in [-0.2, 0) is 6.42 Å². The molecule has 1 N–H and O–H groups in total. The van der Waals surface area contributed by atoms with E-state index in [2.05, 4.69) is 28.7 Å². The predicted molar refractivity (Wildman–Crippen MR) is 74.6 cm³/mol. The number of nitrogens with one attached hydrogen (secondary N) is 1. The van der Waals surface area contributed by atoms with Gasteiger partial charge in [0.25, 0.3) is 0 Å². The molecule has 1 saturated carbocycles.